The lowest BCUT2D eigenvalue weighted by Gasteiger charge is -2.08. The molecule has 2 aromatic rings. The van der Waals surface area contributed by atoms with Crippen LogP contribution in [0.2, 0.25) is 0 Å². The van der Waals surface area contributed by atoms with Crippen LogP contribution in [0.4, 0.5) is 5.69 Å². The van der Waals surface area contributed by atoms with Gasteiger partial charge in [0.1, 0.15) is 0 Å². The van der Waals surface area contributed by atoms with Crippen molar-refractivity contribution >= 4 is 21.6 Å². The second kappa shape index (κ2) is 8.06. The molecule has 0 aliphatic rings. The molecule has 0 aromatic heterocycles. The quantitative estimate of drug-likeness (QED) is 0.768. The summed E-state index contributed by atoms with van der Waals surface area (Å²) in [4.78, 5) is 12.2. The first-order chi connectivity index (χ1) is 12.0. The second-order valence-electron chi connectivity index (χ2n) is 4.98. The number of nitrogens with zero attached hydrogens (tertiary/aromatic N) is 2. The monoisotopic (exact) mass is 354 g/mol. The number of carbonyl (C=O) groups is 1. The molecule has 0 fully saturated rings. The van der Waals surface area contributed by atoms with E-state index >= 15 is 0 Å². The van der Waals surface area contributed by atoms with Crippen LogP contribution in [0.1, 0.15) is 22.3 Å². The molecule has 2 N–H and O–H groups in total. The summed E-state index contributed by atoms with van der Waals surface area (Å²) in [6.45, 7) is 0.0241. The van der Waals surface area contributed by atoms with E-state index in [0.717, 1.165) is 0 Å². The Kier molecular flexibility index (Phi) is 5.85. The van der Waals surface area contributed by atoms with E-state index in [0.29, 0.717) is 11.3 Å². The molecule has 0 unspecified atom stereocenters. The molecule has 2 rings (SSSR count). The molecule has 1 amide bonds. The fourth-order valence-electron chi connectivity index (χ4n) is 1.98. The van der Waals surface area contributed by atoms with Crippen molar-refractivity contribution in [3.8, 4) is 12.1 Å². The van der Waals surface area contributed by atoms with Crippen LogP contribution >= 0.6 is 0 Å². The Balaban J connectivity index is 2.10. The Morgan fingerprint density at radius 2 is 1.80 bits per heavy atom. The van der Waals surface area contributed by atoms with E-state index in [1.165, 1.54) is 30.3 Å². The molecule has 0 aliphatic heterocycles. The van der Waals surface area contributed by atoms with Gasteiger partial charge in [0.15, 0.2) is 0 Å². The number of carbonyl (C=O) groups excluding carboxylic acids is 1. The van der Waals surface area contributed by atoms with Gasteiger partial charge in [-0.2, -0.15) is 10.5 Å². The fraction of sp³-hybridized carbons (Fsp3) is 0.118. The van der Waals surface area contributed by atoms with E-state index in [-0.39, 0.29) is 23.4 Å². The highest BCUT2D eigenvalue weighted by Crippen LogP contribution is 2.14. The highest BCUT2D eigenvalue weighted by atomic mass is 32.2. The number of anilines is 1. The molecular weight excluding hydrogens is 340 g/mol. The van der Waals surface area contributed by atoms with Crippen LogP contribution in [0.3, 0.4) is 0 Å². The van der Waals surface area contributed by atoms with Gasteiger partial charge in [-0.3, -0.25) is 4.79 Å². The van der Waals surface area contributed by atoms with Crippen LogP contribution in [0.25, 0.3) is 0 Å². The lowest BCUT2D eigenvalue weighted by Crippen LogP contribution is -2.24. The summed E-state index contributed by atoms with van der Waals surface area (Å²) in [5.41, 5.74) is 1.17. The van der Waals surface area contributed by atoms with Crippen molar-refractivity contribution in [2.75, 3.05) is 11.9 Å². The van der Waals surface area contributed by atoms with E-state index in [1.807, 2.05) is 12.1 Å². The first kappa shape index (κ1) is 18.1. The van der Waals surface area contributed by atoms with Crippen LogP contribution in [-0.2, 0) is 10.0 Å². The summed E-state index contributed by atoms with van der Waals surface area (Å²) < 4.78 is 26.3. The molecule has 0 spiro atoms. The normalized spacial score (nSPS) is 10.5. The Morgan fingerprint density at radius 3 is 2.44 bits per heavy atom. The number of nitriles is 2. The second-order valence-corrected chi connectivity index (χ2v) is 6.74. The number of nitrogens with one attached hydrogen (secondary N) is 2. The van der Waals surface area contributed by atoms with E-state index in [9.17, 15) is 13.2 Å². The topological polar surface area (TPSA) is 123 Å². The average Bonchev–Trinajstić information content (AvgIpc) is 2.62. The zero-order valence-electron chi connectivity index (χ0n) is 13.1. The fourth-order valence-corrected chi connectivity index (χ4v) is 3.01. The zero-order chi connectivity index (χ0) is 18.3. The van der Waals surface area contributed by atoms with Crippen LogP contribution in [-0.4, -0.2) is 20.9 Å². The number of benzene rings is 2. The summed E-state index contributed by atoms with van der Waals surface area (Å²) >= 11 is 0. The van der Waals surface area contributed by atoms with Gasteiger partial charge in [-0.1, -0.05) is 6.07 Å². The van der Waals surface area contributed by atoms with Gasteiger partial charge in [-0.25, -0.2) is 13.1 Å². The number of hydrogen-bond donors (Lipinski definition) is 2. The molecule has 0 aliphatic carbocycles. The van der Waals surface area contributed by atoms with Gasteiger partial charge >= 0.3 is 0 Å². The Morgan fingerprint density at radius 1 is 1.08 bits per heavy atom. The predicted octanol–water partition coefficient (Wildman–Crippen LogP) is 2.00. The molecule has 8 heteroatoms. The molecule has 0 saturated heterocycles. The van der Waals surface area contributed by atoms with Crippen molar-refractivity contribution in [2.45, 2.75) is 11.3 Å². The molecule has 7 nitrogen and oxygen atoms in total. The first-order valence-electron chi connectivity index (χ1n) is 7.24. The number of sulfonamides is 1. The van der Waals surface area contributed by atoms with Crippen LogP contribution < -0.4 is 10.0 Å². The van der Waals surface area contributed by atoms with Crippen molar-refractivity contribution in [3.63, 3.8) is 0 Å². The maximum Gasteiger partial charge on any atom is 0.255 e. The molecule has 25 heavy (non-hydrogen) atoms. The molecule has 126 valence electrons. The highest BCUT2D eigenvalue weighted by Gasteiger charge is 2.14. The molecule has 0 heterocycles. The van der Waals surface area contributed by atoms with Gasteiger partial charge < -0.3 is 5.32 Å². The van der Waals surface area contributed by atoms with Gasteiger partial charge in [0.05, 0.1) is 22.6 Å². The van der Waals surface area contributed by atoms with Gasteiger partial charge in [0.2, 0.25) is 10.0 Å². The standard InChI is InChI=1S/C17H14N4O3S/c18-9-2-10-20-25(23,24)16-7-5-14(6-8-16)17(22)21-15-4-1-3-13(11-15)12-19/h1,3-8,11,20H,2,10H2,(H,21,22). The molecule has 0 atom stereocenters. The predicted molar refractivity (Wildman–Crippen MR) is 91.0 cm³/mol. The minimum atomic E-state index is -3.71. The number of hydrogen-bond acceptors (Lipinski definition) is 5. The lowest BCUT2D eigenvalue weighted by atomic mass is 10.2. The van der Waals surface area contributed by atoms with Crippen molar-refractivity contribution in [1.29, 1.82) is 10.5 Å². The van der Waals surface area contributed by atoms with Crippen molar-refractivity contribution in [1.82, 2.24) is 4.72 Å². The van der Waals surface area contributed by atoms with Crippen molar-refractivity contribution < 1.29 is 13.2 Å². The summed E-state index contributed by atoms with van der Waals surface area (Å²) in [6, 6.07) is 15.7. The number of amides is 1. The van der Waals surface area contributed by atoms with Crippen LogP contribution in [0.15, 0.2) is 53.4 Å². The SMILES string of the molecule is N#CCCNS(=O)(=O)c1ccc(C(=O)Nc2cccc(C#N)c2)cc1. The summed E-state index contributed by atoms with van der Waals surface area (Å²) in [6.07, 6.45) is 0.0709. The Hall–Kier alpha value is -3.20. The smallest absolute Gasteiger partial charge is 0.255 e. The Bertz CT molecular complexity index is 955. The maximum atomic E-state index is 12.2. The third-order valence-corrected chi connectivity index (χ3v) is 4.68. The minimum absolute atomic E-state index is 0.00784. The number of rotatable bonds is 6. The zero-order valence-corrected chi connectivity index (χ0v) is 13.9. The molecule has 0 radical (unpaired) electrons. The molecular formula is C17H14N4O3S. The minimum Gasteiger partial charge on any atom is -0.322 e. The van der Waals surface area contributed by atoms with E-state index in [1.54, 1.807) is 18.2 Å². The van der Waals surface area contributed by atoms with Crippen LogP contribution in [0, 0.1) is 22.7 Å². The molecule has 0 saturated carbocycles. The molecule has 2 aromatic carbocycles. The van der Waals surface area contributed by atoms with Crippen LogP contribution in [0.5, 0.6) is 0 Å². The average molecular weight is 354 g/mol. The highest BCUT2D eigenvalue weighted by molar-refractivity contribution is 7.89. The molecule has 0 bridgehead atoms. The lowest BCUT2D eigenvalue weighted by molar-refractivity contribution is 0.102. The van der Waals surface area contributed by atoms with E-state index < -0.39 is 15.9 Å². The van der Waals surface area contributed by atoms with Gasteiger partial charge in [0.25, 0.3) is 5.91 Å². The summed E-state index contributed by atoms with van der Waals surface area (Å²) in [7, 11) is -3.71. The third kappa shape index (κ3) is 4.88. The summed E-state index contributed by atoms with van der Waals surface area (Å²) in [5.74, 6) is -0.420. The first-order valence-corrected chi connectivity index (χ1v) is 8.73. The van der Waals surface area contributed by atoms with Crippen molar-refractivity contribution in [2.24, 2.45) is 0 Å². The third-order valence-electron chi connectivity index (χ3n) is 3.21. The van der Waals surface area contributed by atoms with E-state index in [4.69, 9.17) is 10.5 Å². The summed E-state index contributed by atoms with van der Waals surface area (Å²) in [5, 5.41) is 19.9. The Labute approximate surface area is 145 Å². The van der Waals surface area contributed by atoms with E-state index in [2.05, 4.69) is 10.0 Å². The maximum absolute atomic E-state index is 12.2. The van der Waals surface area contributed by atoms with Gasteiger partial charge in [-0.05, 0) is 42.5 Å². The largest absolute Gasteiger partial charge is 0.322 e. The van der Waals surface area contributed by atoms with Gasteiger partial charge in [0, 0.05) is 24.2 Å². The van der Waals surface area contributed by atoms with Crippen molar-refractivity contribution in [3.05, 3.63) is 59.7 Å². The van der Waals surface area contributed by atoms with Gasteiger partial charge in [-0.15, -0.1) is 0 Å².